The normalized spacial score (nSPS) is 31.7. The smallest absolute Gasteiger partial charge is 0.0468 e. The Bertz CT molecular complexity index is 261. The Hall–Kier alpha value is -0.860. The second kappa shape index (κ2) is 3.48. The first kappa shape index (κ1) is 8.73. The highest BCUT2D eigenvalue weighted by molar-refractivity contribution is 5.28. The molecule has 3 atom stereocenters. The Morgan fingerprint density at radius 3 is 1.92 bits per heavy atom. The van der Waals surface area contributed by atoms with Gasteiger partial charge >= 0.3 is 0 Å². The summed E-state index contributed by atoms with van der Waals surface area (Å²) < 4.78 is 0. The fourth-order valence-corrected chi connectivity index (χ4v) is 2.11. The molecule has 2 nitrogen and oxygen atoms in total. The topological polar surface area (TPSA) is 40.5 Å². The number of hydrogen-bond donors (Lipinski definition) is 2. The van der Waals surface area contributed by atoms with Crippen LogP contribution in [0, 0.1) is 11.8 Å². The molecule has 1 aliphatic rings. The number of rotatable bonds is 3. The van der Waals surface area contributed by atoms with Crippen molar-refractivity contribution in [2.45, 2.75) is 5.92 Å². The van der Waals surface area contributed by atoms with Gasteiger partial charge in [0.05, 0.1) is 0 Å². The summed E-state index contributed by atoms with van der Waals surface area (Å²) in [5.74, 6) is 0.913. The molecule has 0 heterocycles. The predicted molar refractivity (Wildman–Crippen MR) is 50.3 cm³/mol. The van der Waals surface area contributed by atoms with E-state index < -0.39 is 0 Å². The molecule has 0 spiro atoms. The molecule has 0 radical (unpaired) electrons. The Labute approximate surface area is 77.8 Å². The molecule has 2 rings (SSSR count). The molecule has 0 unspecified atom stereocenters. The van der Waals surface area contributed by atoms with Gasteiger partial charge in [0, 0.05) is 13.2 Å². The van der Waals surface area contributed by atoms with Gasteiger partial charge in [-0.3, -0.25) is 0 Å². The summed E-state index contributed by atoms with van der Waals surface area (Å²) in [5, 5.41) is 18.1. The number of aliphatic hydroxyl groups excluding tert-OH is 2. The van der Waals surface area contributed by atoms with E-state index >= 15 is 0 Å². The van der Waals surface area contributed by atoms with Gasteiger partial charge in [0.25, 0.3) is 0 Å². The molecule has 0 aliphatic heterocycles. The van der Waals surface area contributed by atoms with Gasteiger partial charge in [-0.25, -0.2) is 0 Å². The minimum Gasteiger partial charge on any atom is -0.396 e. The molecule has 1 aliphatic carbocycles. The number of benzene rings is 1. The Morgan fingerprint density at radius 1 is 0.923 bits per heavy atom. The molecule has 0 aromatic heterocycles. The zero-order valence-corrected chi connectivity index (χ0v) is 7.43. The lowest BCUT2D eigenvalue weighted by atomic mass is 10.1. The maximum Gasteiger partial charge on any atom is 0.0468 e. The summed E-state index contributed by atoms with van der Waals surface area (Å²) in [7, 11) is 0. The standard InChI is InChI=1S/C11H14O2/c12-6-9-10(7-13)11(9)8-4-2-1-3-5-8/h1-5,9-13H,6-7H2/t9-,10+,11+. The second-order valence-electron chi connectivity index (χ2n) is 3.63. The van der Waals surface area contributed by atoms with Crippen LogP contribution < -0.4 is 0 Å². The molecule has 2 heteroatoms. The molecular weight excluding hydrogens is 164 g/mol. The zero-order chi connectivity index (χ0) is 9.26. The average molecular weight is 178 g/mol. The SMILES string of the molecule is OC[C@@H]1[C@H](CO)[C@H]1c1ccccc1. The lowest BCUT2D eigenvalue weighted by molar-refractivity contribution is 0.232. The zero-order valence-electron chi connectivity index (χ0n) is 7.43. The van der Waals surface area contributed by atoms with E-state index in [4.69, 9.17) is 10.2 Å². The Kier molecular flexibility index (Phi) is 2.34. The van der Waals surface area contributed by atoms with Crippen LogP contribution in [-0.4, -0.2) is 23.4 Å². The van der Waals surface area contributed by atoms with Crippen molar-refractivity contribution in [3.05, 3.63) is 35.9 Å². The van der Waals surface area contributed by atoms with Crippen molar-refractivity contribution >= 4 is 0 Å². The maximum atomic E-state index is 9.03. The summed E-state index contributed by atoms with van der Waals surface area (Å²) in [5.41, 5.74) is 1.24. The Balaban J connectivity index is 2.12. The lowest BCUT2D eigenvalue weighted by Crippen LogP contribution is -1.91. The van der Waals surface area contributed by atoms with Crippen LogP contribution in [0.5, 0.6) is 0 Å². The number of hydrogen-bond acceptors (Lipinski definition) is 2. The van der Waals surface area contributed by atoms with Crippen molar-refractivity contribution in [3.8, 4) is 0 Å². The van der Waals surface area contributed by atoms with Crippen LogP contribution in [0.3, 0.4) is 0 Å². The monoisotopic (exact) mass is 178 g/mol. The van der Waals surface area contributed by atoms with E-state index in [2.05, 4.69) is 12.1 Å². The molecule has 0 amide bonds. The molecule has 13 heavy (non-hydrogen) atoms. The first-order valence-corrected chi connectivity index (χ1v) is 4.65. The van der Waals surface area contributed by atoms with Crippen LogP contribution in [-0.2, 0) is 0 Å². The van der Waals surface area contributed by atoms with Crippen molar-refractivity contribution < 1.29 is 10.2 Å². The summed E-state index contributed by atoms with van der Waals surface area (Å²) in [6.07, 6.45) is 0. The van der Waals surface area contributed by atoms with Crippen molar-refractivity contribution in [2.75, 3.05) is 13.2 Å². The van der Waals surface area contributed by atoms with Gasteiger partial charge in [0.2, 0.25) is 0 Å². The van der Waals surface area contributed by atoms with Gasteiger partial charge in [-0.1, -0.05) is 30.3 Å². The quantitative estimate of drug-likeness (QED) is 0.725. The van der Waals surface area contributed by atoms with Crippen molar-refractivity contribution in [3.63, 3.8) is 0 Å². The largest absolute Gasteiger partial charge is 0.396 e. The highest BCUT2D eigenvalue weighted by Gasteiger charge is 2.49. The van der Waals surface area contributed by atoms with Gasteiger partial charge < -0.3 is 10.2 Å². The lowest BCUT2D eigenvalue weighted by Gasteiger charge is -1.97. The van der Waals surface area contributed by atoms with Gasteiger partial charge in [0.15, 0.2) is 0 Å². The molecule has 1 saturated carbocycles. The minimum atomic E-state index is 0.185. The fraction of sp³-hybridized carbons (Fsp3) is 0.455. The third-order valence-electron chi connectivity index (χ3n) is 2.94. The van der Waals surface area contributed by atoms with Crippen LogP contribution in [0.15, 0.2) is 30.3 Å². The first-order valence-electron chi connectivity index (χ1n) is 4.65. The molecule has 1 aromatic rings. The van der Waals surface area contributed by atoms with Gasteiger partial charge in [-0.05, 0) is 23.3 Å². The van der Waals surface area contributed by atoms with Crippen molar-refractivity contribution in [1.29, 1.82) is 0 Å². The third kappa shape index (κ3) is 1.47. The minimum absolute atomic E-state index is 0.185. The average Bonchev–Trinajstić information content (AvgIpc) is 2.92. The molecule has 70 valence electrons. The maximum absolute atomic E-state index is 9.03. The molecule has 0 saturated heterocycles. The molecule has 2 N–H and O–H groups in total. The molecule has 1 fully saturated rings. The van der Waals surface area contributed by atoms with E-state index in [9.17, 15) is 0 Å². The van der Waals surface area contributed by atoms with Crippen LogP contribution in [0.1, 0.15) is 11.5 Å². The van der Waals surface area contributed by atoms with Crippen molar-refractivity contribution in [2.24, 2.45) is 11.8 Å². The molecular formula is C11H14O2. The van der Waals surface area contributed by atoms with Crippen molar-refractivity contribution in [1.82, 2.24) is 0 Å². The van der Waals surface area contributed by atoms with Gasteiger partial charge in [-0.2, -0.15) is 0 Å². The van der Waals surface area contributed by atoms with Gasteiger partial charge in [-0.15, -0.1) is 0 Å². The second-order valence-corrected chi connectivity index (χ2v) is 3.63. The van der Waals surface area contributed by atoms with E-state index in [1.165, 1.54) is 5.56 Å². The van der Waals surface area contributed by atoms with Crippen LogP contribution >= 0.6 is 0 Å². The summed E-state index contributed by atoms with van der Waals surface area (Å²) >= 11 is 0. The van der Waals surface area contributed by atoms with E-state index in [1.54, 1.807) is 0 Å². The van der Waals surface area contributed by atoms with E-state index in [0.717, 1.165) is 0 Å². The highest BCUT2D eigenvalue weighted by Crippen LogP contribution is 2.53. The summed E-state index contributed by atoms with van der Waals surface area (Å²) in [6, 6.07) is 10.1. The van der Waals surface area contributed by atoms with E-state index in [0.29, 0.717) is 5.92 Å². The van der Waals surface area contributed by atoms with Gasteiger partial charge in [0.1, 0.15) is 0 Å². The first-order chi connectivity index (χ1) is 6.38. The predicted octanol–water partition coefficient (Wildman–Crippen LogP) is 1.00. The van der Waals surface area contributed by atoms with Crippen LogP contribution in [0.4, 0.5) is 0 Å². The molecule has 0 bridgehead atoms. The summed E-state index contributed by atoms with van der Waals surface area (Å²) in [6.45, 7) is 0.371. The fourth-order valence-electron chi connectivity index (χ4n) is 2.11. The van der Waals surface area contributed by atoms with Crippen LogP contribution in [0.2, 0.25) is 0 Å². The third-order valence-corrected chi connectivity index (χ3v) is 2.94. The number of aliphatic hydroxyl groups is 2. The Morgan fingerprint density at radius 2 is 1.46 bits per heavy atom. The van der Waals surface area contributed by atoms with E-state index in [-0.39, 0.29) is 25.0 Å². The molecule has 1 aromatic carbocycles. The highest BCUT2D eigenvalue weighted by atomic mass is 16.3. The van der Waals surface area contributed by atoms with Crippen LogP contribution in [0.25, 0.3) is 0 Å². The van der Waals surface area contributed by atoms with E-state index in [1.807, 2.05) is 18.2 Å². The summed E-state index contributed by atoms with van der Waals surface area (Å²) in [4.78, 5) is 0.